The summed E-state index contributed by atoms with van der Waals surface area (Å²) in [7, 11) is 0. The van der Waals surface area contributed by atoms with Gasteiger partial charge in [-0.2, -0.15) is 0 Å². The standard InChI is InChI=1S/C24H26N6O/c31-21-11-14-29(15-12-21)23(20-8-9-22-19(17-20)7-4-13-25-22)24-26-27-28-30(24)16-10-18-5-2-1-3-6-18/h1-9,13,17,21,23,31H,10-12,14-16H2/t23-/m1/s1. The van der Waals surface area contributed by atoms with Crippen molar-refractivity contribution in [3.63, 3.8) is 0 Å². The van der Waals surface area contributed by atoms with Crippen molar-refractivity contribution in [1.82, 2.24) is 30.1 Å². The van der Waals surface area contributed by atoms with Gasteiger partial charge in [0.05, 0.1) is 17.7 Å². The van der Waals surface area contributed by atoms with Crippen LogP contribution in [0.3, 0.4) is 0 Å². The molecule has 5 rings (SSSR count). The SMILES string of the molecule is OC1CCN([C@H](c2ccc3ncccc3c2)c2nnnn2CCc2ccccc2)CC1. The Hall–Kier alpha value is -3.16. The van der Waals surface area contributed by atoms with Crippen LogP contribution in [0, 0.1) is 0 Å². The minimum absolute atomic E-state index is 0.0668. The van der Waals surface area contributed by atoms with E-state index in [1.54, 1.807) is 0 Å². The zero-order valence-corrected chi connectivity index (χ0v) is 17.4. The lowest BCUT2D eigenvalue weighted by Gasteiger charge is -2.35. The maximum absolute atomic E-state index is 10.0. The number of piperidine rings is 1. The van der Waals surface area contributed by atoms with Crippen LogP contribution in [-0.2, 0) is 13.0 Å². The summed E-state index contributed by atoms with van der Waals surface area (Å²) < 4.78 is 1.93. The number of likely N-dealkylation sites (tertiary alicyclic amines) is 1. The molecule has 0 unspecified atom stereocenters. The third kappa shape index (κ3) is 4.33. The summed E-state index contributed by atoms with van der Waals surface area (Å²) in [6.45, 7) is 2.33. The predicted molar refractivity (Wildman–Crippen MR) is 118 cm³/mol. The van der Waals surface area contributed by atoms with E-state index in [1.807, 2.05) is 23.0 Å². The fourth-order valence-corrected chi connectivity index (χ4v) is 4.38. The van der Waals surface area contributed by atoms with Crippen LogP contribution in [0.1, 0.15) is 35.8 Å². The minimum Gasteiger partial charge on any atom is -0.393 e. The number of aromatic nitrogens is 5. The van der Waals surface area contributed by atoms with Gasteiger partial charge in [0.2, 0.25) is 0 Å². The molecule has 158 valence electrons. The summed E-state index contributed by atoms with van der Waals surface area (Å²) in [6, 6.07) is 20.8. The molecular formula is C24H26N6O. The van der Waals surface area contributed by atoms with Gasteiger partial charge in [-0.15, -0.1) is 5.10 Å². The van der Waals surface area contributed by atoms with E-state index in [0.29, 0.717) is 6.54 Å². The Labute approximate surface area is 181 Å². The second-order valence-corrected chi connectivity index (χ2v) is 8.12. The Morgan fingerprint density at radius 3 is 2.68 bits per heavy atom. The number of aryl methyl sites for hydroxylation is 2. The average molecular weight is 415 g/mol. The first kappa shape index (κ1) is 19.8. The van der Waals surface area contributed by atoms with E-state index < -0.39 is 0 Å². The van der Waals surface area contributed by atoms with Gasteiger partial charge in [0.25, 0.3) is 0 Å². The molecule has 1 saturated heterocycles. The largest absolute Gasteiger partial charge is 0.393 e. The van der Waals surface area contributed by atoms with Gasteiger partial charge in [-0.1, -0.05) is 42.5 Å². The van der Waals surface area contributed by atoms with Crippen molar-refractivity contribution in [1.29, 1.82) is 0 Å². The van der Waals surface area contributed by atoms with Gasteiger partial charge < -0.3 is 5.11 Å². The number of rotatable bonds is 6. The van der Waals surface area contributed by atoms with Crippen molar-refractivity contribution in [3.05, 3.63) is 83.8 Å². The highest BCUT2D eigenvalue weighted by molar-refractivity contribution is 5.79. The molecule has 0 amide bonds. The van der Waals surface area contributed by atoms with Gasteiger partial charge in [-0.25, -0.2) is 4.68 Å². The van der Waals surface area contributed by atoms with E-state index in [9.17, 15) is 5.11 Å². The molecule has 0 saturated carbocycles. The molecule has 0 bridgehead atoms. The molecule has 1 atom stereocenters. The number of hydrogen-bond acceptors (Lipinski definition) is 6. The molecule has 0 aliphatic carbocycles. The molecule has 1 fully saturated rings. The van der Waals surface area contributed by atoms with Crippen molar-refractivity contribution in [3.8, 4) is 0 Å². The first-order valence-electron chi connectivity index (χ1n) is 10.8. The summed E-state index contributed by atoms with van der Waals surface area (Å²) in [4.78, 5) is 6.84. The maximum Gasteiger partial charge on any atom is 0.173 e. The summed E-state index contributed by atoms with van der Waals surface area (Å²) in [5.74, 6) is 0.843. The fraction of sp³-hybridized carbons (Fsp3) is 0.333. The van der Waals surface area contributed by atoms with Crippen molar-refractivity contribution >= 4 is 10.9 Å². The van der Waals surface area contributed by atoms with Gasteiger partial charge in [-0.3, -0.25) is 9.88 Å². The third-order valence-corrected chi connectivity index (χ3v) is 6.07. The molecule has 1 aliphatic rings. The molecule has 7 nitrogen and oxygen atoms in total. The first-order valence-corrected chi connectivity index (χ1v) is 10.8. The van der Waals surface area contributed by atoms with Crippen molar-refractivity contribution < 1.29 is 5.11 Å². The zero-order valence-electron chi connectivity index (χ0n) is 17.4. The van der Waals surface area contributed by atoms with Crippen LogP contribution < -0.4 is 0 Å². The molecule has 31 heavy (non-hydrogen) atoms. The Balaban J connectivity index is 1.49. The molecule has 0 spiro atoms. The Morgan fingerprint density at radius 1 is 1.00 bits per heavy atom. The molecule has 0 radical (unpaired) electrons. The highest BCUT2D eigenvalue weighted by Gasteiger charge is 2.30. The van der Waals surface area contributed by atoms with E-state index in [1.165, 1.54) is 5.56 Å². The summed E-state index contributed by atoms with van der Waals surface area (Å²) in [6.07, 6.45) is 3.97. The molecule has 4 aromatic rings. The number of nitrogens with zero attached hydrogens (tertiary/aromatic N) is 6. The molecule has 1 N–H and O–H groups in total. The highest BCUT2D eigenvalue weighted by Crippen LogP contribution is 2.31. The van der Waals surface area contributed by atoms with Crippen LogP contribution in [0.15, 0.2) is 66.9 Å². The molecule has 3 heterocycles. The number of fused-ring (bicyclic) bond motifs is 1. The number of benzene rings is 2. The Morgan fingerprint density at radius 2 is 1.84 bits per heavy atom. The normalized spacial score (nSPS) is 16.5. The monoisotopic (exact) mass is 414 g/mol. The molecular weight excluding hydrogens is 388 g/mol. The summed E-state index contributed by atoms with van der Waals surface area (Å²) in [5, 5.41) is 23.9. The van der Waals surface area contributed by atoms with E-state index in [0.717, 1.165) is 54.6 Å². The van der Waals surface area contributed by atoms with E-state index in [2.05, 4.69) is 73.9 Å². The molecule has 2 aromatic heterocycles. The zero-order chi connectivity index (χ0) is 21.0. The molecule has 2 aromatic carbocycles. The van der Waals surface area contributed by atoms with Gasteiger partial charge in [0, 0.05) is 31.2 Å². The lowest BCUT2D eigenvalue weighted by atomic mass is 9.98. The van der Waals surface area contributed by atoms with Crippen molar-refractivity contribution in [2.75, 3.05) is 13.1 Å². The van der Waals surface area contributed by atoms with Crippen molar-refractivity contribution in [2.45, 2.75) is 38.0 Å². The molecule has 1 aliphatic heterocycles. The van der Waals surface area contributed by atoms with Crippen LogP contribution in [0.2, 0.25) is 0 Å². The summed E-state index contributed by atoms with van der Waals surface area (Å²) >= 11 is 0. The second-order valence-electron chi connectivity index (χ2n) is 8.12. The number of aliphatic hydroxyl groups is 1. The quantitative estimate of drug-likeness (QED) is 0.522. The predicted octanol–water partition coefficient (Wildman–Crippen LogP) is 3.01. The Bertz CT molecular complexity index is 1140. The maximum atomic E-state index is 10.0. The van der Waals surface area contributed by atoms with Crippen LogP contribution >= 0.6 is 0 Å². The number of hydrogen-bond donors (Lipinski definition) is 1. The van der Waals surface area contributed by atoms with Crippen LogP contribution in [0.5, 0.6) is 0 Å². The summed E-state index contributed by atoms with van der Waals surface area (Å²) in [5.41, 5.74) is 3.38. The lowest BCUT2D eigenvalue weighted by Crippen LogP contribution is -2.40. The van der Waals surface area contributed by atoms with Gasteiger partial charge in [0.1, 0.15) is 0 Å². The van der Waals surface area contributed by atoms with E-state index in [4.69, 9.17) is 0 Å². The Kier molecular flexibility index (Phi) is 5.69. The number of pyridine rings is 1. The molecule has 7 heteroatoms. The van der Waals surface area contributed by atoms with Gasteiger partial charge in [-0.05, 0) is 59.0 Å². The highest BCUT2D eigenvalue weighted by atomic mass is 16.3. The number of aliphatic hydroxyl groups excluding tert-OH is 1. The van der Waals surface area contributed by atoms with Gasteiger partial charge >= 0.3 is 0 Å². The first-order chi connectivity index (χ1) is 15.3. The van der Waals surface area contributed by atoms with Gasteiger partial charge in [0.15, 0.2) is 5.82 Å². The van der Waals surface area contributed by atoms with Crippen LogP contribution in [0.25, 0.3) is 10.9 Å². The third-order valence-electron chi connectivity index (χ3n) is 6.07. The van der Waals surface area contributed by atoms with Crippen molar-refractivity contribution in [2.24, 2.45) is 0 Å². The minimum atomic E-state index is -0.230. The second kappa shape index (κ2) is 8.91. The average Bonchev–Trinajstić information content (AvgIpc) is 3.28. The van der Waals surface area contributed by atoms with E-state index in [-0.39, 0.29) is 12.1 Å². The van der Waals surface area contributed by atoms with Crippen LogP contribution in [-0.4, -0.2) is 54.4 Å². The lowest BCUT2D eigenvalue weighted by molar-refractivity contribution is 0.0661. The smallest absolute Gasteiger partial charge is 0.173 e. The topological polar surface area (TPSA) is 80.0 Å². The van der Waals surface area contributed by atoms with E-state index >= 15 is 0 Å². The fourth-order valence-electron chi connectivity index (χ4n) is 4.38. The number of tetrazole rings is 1. The van der Waals surface area contributed by atoms with Crippen LogP contribution in [0.4, 0.5) is 0 Å².